The highest BCUT2D eigenvalue weighted by Gasteiger charge is 2.43. The Balaban J connectivity index is 1.43. The summed E-state index contributed by atoms with van der Waals surface area (Å²) in [6, 6.07) is 6.35. The molecule has 1 saturated carbocycles. The SMILES string of the molecule is CN1CCC2c3cc(OC(=O)NC4CCCCCC4)ccc3N(C)C21. The quantitative estimate of drug-likeness (QED) is 0.832. The van der Waals surface area contributed by atoms with Crippen LogP contribution in [0, 0.1) is 0 Å². The zero-order valence-electron chi connectivity index (χ0n) is 15.3. The molecule has 1 N–H and O–H groups in total. The largest absolute Gasteiger partial charge is 0.412 e. The van der Waals surface area contributed by atoms with Gasteiger partial charge < -0.3 is 15.0 Å². The molecule has 0 bridgehead atoms. The van der Waals surface area contributed by atoms with Crippen LogP contribution in [0.3, 0.4) is 0 Å². The zero-order valence-corrected chi connectivity index (χ0v) is 15.3. The summed E-state index contributed by atoms with van der Waals surface area (Å²) in [5.41, 5.74) is 2.58. The first kappa shape index (κ1) is 16.7. The molecule has 2 atom stereocenters. The Kier molecular flexibility index (Phi) is 4.59. The van der Waals surface area contributed by atoms with Crippen LogP contribution in [0.2, 0.25) is 0 Å². The molecule has 3 aliphatic rings. The number of likely N-dealkylation sites (N-methyl/N-ethyl adjacent to an activating group) is 2. The Labute approximate surface area is 150 Å². The fraction of sp³-hybridized carbons (Fsp3) is 0.650. The lowest BCUT2D eigenvalue weighted by Gasteiger charge is -2.28. The van der Waals surface area contributed by atoms with Crippen molar-refractivity contribution in [2.45, 2.75) is 63.1 Å². The number of carbonyl (C=O) groups is 1. The van der Waals surface area contributed by atoms with E-state index in [1.807, 2.05) is 6.07 Å². The average Bonchev–Trinajstić information content (AvgIpc) is 2.96. The van der Waals surface area contributed by atoms with Gasteiger partial charge in [-0.25, -0.2) is 4.79 Å². The summed E-state index contributed by atoms with van der Waals surface area (Å²) in [6.07, 6.45) is 8.39. The standard InChI is InChI=1S/C20H29N3O2/c1-22-12-11-16-17-13-15(9-10-18(17)23(2)19(16)22)25-20(24)21-14-7-5-3-4-6-8-14/h9-10,13-14,16,19H,3-8,11-12H2,1-2H3,(H,21,24). The molecule has 4 rings (SSSR count). The van der Waals surface area contributed by atoms with Gasteiger partial charge >= 0.3 is 6.09 Å². The lowest BCUT2D eigenvalue weighted by molar-refractivity contribution is 0.194. The van der Waals surface area contributed by atoms with E-state index in [1.165, 1.54) is 36.9 Å². The number of ether oxygens (including phenoxy) is 1. The first-order chi connectivity index (χ1) is 12.1. The number of nitrogens with one attached hydrogen (secondary N) is 1. The van der Waals surface area contributed by atoms with E-state index in [9.17, 15) is 4.79 Å². The first-order valence-electron chi connectivity index (χ1n) is 9.69. The second-order valence-corrected chi connectivity index (χ2v) is 7.84. The zero-order chi connectivity index (χ0) is 17.4. The van der Waals surface area contributed by atoms with Crippen molar-refractivity contribution < 1.29 is 9.53 Å². The molecular formula is C20H29N3O2. The maximum atomic E-state index is 12.3. The molecule has 0 radical (unpaired) electrons. The van der Waals surface area contributed by atoms with E-state index in [1.54, 1.807) is 0 Å². The van der Waals surface area contributed by atoms with Crippen LogP contribution < -0.4 is 15.0 Å². The summed E-state index contributed by atoms with van der Waals surface area (Å²) >= 11 is 0. The maximum absolute atomic E-state index is 12.3. The van der Waals surface area contributed by atoms with Gasteiger partial charge in [-0.2, -0.15) is 0 Å². The highest BCUT2D eigenvalue weighted by Crippen LogP contribution is 2.47. The molecule has 5 heteroatoms. The number of benzene rings is 1. The number of hydrogen-bond donors (Lipinski definition) is 1. The van der Waals surface area contributed by atoms with Gasteiger partial charge in [0.05, 0.1) is 6.17 Å². The highest BCUT2D eigenvalue weighted by atomic mass is 16.6. The minimum atomic E-state index is -0.307. The first-order valence-corrected chi connectivity index (χ1v) is 9.69. The molecule has 2 fully saturated rings. The van der Waals surface area contributed by atoms with Gasteiger partial charge in [-0.1, -0.05) is 25.7 Å². The Morgan fingerprint density at radius 2 is 1.88 bits per heavy atom. The van der Waals surface area contributed by atoms with Crippen LogP contribution >= 0.6 is 0 Å². The van der Waals surface area contributed by atoms with E-state index in [4.69, 9.17) is 4.74 Å². The van der Waals surface area contributed by atoms with Crippen molar-refractivity contribution in [1.82, 2.24) is 10.2 Å². The van der Waals surface area contributed by atoms with Gasteiger partial charge in [0.15, 0.2) is 0 Å². The average molecular weight is 343 g/mol. The summed E-state index contributed by atoms with van der Waals surface area (Å²) in [5, 5.41) is 3.06. The molecule has 0 spiro atoms. The second kappa shape index (κ2) is 6.87. The normalized spacial score (nSPS) is 26.9. The van der Waals surface area contributed by atoms with Crippen molar-refractivity contribution in [3.8, 4) is 5.75 Å². The van der Waals surface area contributed by atoms with Gasteiger partial charge in [-0.05, 0) is 50.1 Å². The summed E-state index contributed by atoms with van der Waals surface area (Å²) < 4.78 is 5.61. The van der Waals surface area contributed by atoms with Crippen molar-refractivity contribution in [3.63, 3.8) is 0 Å². The van der Waals surface area contributed by atoms with Gasteiger partial charge in [0, 0.05) is 31.2 Å². The topological polar surface area (TPSA) is 44.8 Å². The smallest absolute Gasteiger partial charge is 0.410 e. The van der Waals surface area contributed by atoms with E-state index in [-0.39, 0.29) is 12.1 Å². The second-order valence-electron chi connectivity index (χ2n) is 7.84. The third kappa shape index (κ3) is 3.22. The van der Waals surface area contributed by atoms with E-state index in [0.717, 1.165) is 25.8 Å². The maximum Gasteiger partial charge on any atom is 0.412 e. The number of fused-ring (bicyclic) bond motifs is 3. The van der Waals surface area contributed by atoms with Crippen LogP contribution in [0.1, 0.15) is 56.4 Å². The van der Waals surface area contributed by atoms with Gasteiger partial charge in [-0.3, -0.25) is 4.90 Å². The molecule has 2 unspecified atom stereocenters. The number of carbonyl (C=O) groups excluding carboxylic acids is 1. The molecule has 1 amide bonds. The number of amides is 1. The molecule has 1 aromatic carbocycles. The van der Waals surface area contributed by atoms with Crippen molar-refractivity contribution in [1.29, 1.82) is 0 Å². The monoisotopic (exact) mass is 343 g/mol. The molecule has 1 aromatic rings. The minimum absolute atomic E-state index is 0.267. The molecule has 2 aliphatic heterocycles. The van der Waals surface area contributed by atoms with Crippen LogP contribution in [0.15, 0.2) is 18.2 Å². The Morgan fingerprint density at radius 1 is 1.12 bits per heavy atom. The highest BCUT2D eigenvalue weighted by molar-refractivity contribution is 5.72. The molecule has 2 heterocycles. The molecule has 1 aliphatic carbocycles. The van der Waals surface area contributed by atoms with Crippen LogP contribution in [0.4, 0.5) is 10.5 Å². The van der Waals surface area contributed by atoms with Gasteiger partial charge in [0.25, 0.3) is 0 Å². The van der Waals surface area contributed by atoms with Gasteiger partial charge in [0.2, 0.25) is 0 Å². The number of nitrogens with zero attached hydrogens (tertiary/aromatic N) is 2. The lowest BCUT2D eigenvalue weighted by Crippen LogP contribution is -2.39. The number of rotatable bonds is 2. The minimum Gasteiger partial charge on any atom is -0.410 e. The van der Waals surface area contributed by atoms with Gasteiger partial charge in [0.1, 0.15) is 5.75 Å². The van der Waals surface area contributed by atoms with Crippen LogP contribution in [-0.2, 0) is 0 Å². The van der Waals surface area contributed by atoms with Crippen LogP contribution in [0.5, 0.6) is 5.75 Å². The number of likely N-dealkylation sites (tertiary alicyclic amines) is 1. The van der Waals surface area contributed by atoms with Crippen LogP contribution in [-0.4, -0.2) is 43.8 Å². The predicted octanol–water partition coefficient (Wildman–Crippen LogP) is 3.69. The Bertz CT molecular complexity index is 640. The van der Waals surface area contributed by atoms with Crippen LogP contribution in [0.25, 0.3) is 0 Å². The van der Waals surface area contributed by atoms with E-state index in [2.05, 4.69) is 41.3 Å². The lowest BCUT2D eigenvalue weighted by atomic mass is 9.98. The summed E-state index contributed by atoms with van der Waals surface area (Å²) in [6.45, 7) is 1.12. The van der Waals surface area contributed by atoms with E-state index >= 15 is 0 Å². The Hall–Kier alpha value is -1.75. The molecule has 5 nitrogen and oxygen atoms in total. The number of anilines is 1. The van der Waals surface area contributed by atoms with E-state index < -0.39 is 0 Å². The predicted molar refractivity (Wildman–Crippen MR) is 99.3 cm³/mol. The molecule has 136 valence electrons. The summed E-state index contributed by atoms with van der Waals surface area (Å²) in [7, 11) is 4.34. The van der Waals surface area contributed by atoms with Crippen molar-refractivity contribution in [3.05, 3.63) is 23.8 Å². The molecular weight excluding hydrogens is 314 g/mol. The van der Waals surface area contributed by atoms with Crippen molar-refractivity contribution in [2.75, 3.05) is 25.5 Å². The van der Waals surface area contributed by atoms with Crippen molar-refractivity contribution >= 4 is 11.8 Å². The fourth-order valence-electron chi connectivity index (χ4n) is 4.90. The van der Waals surface area contributed by atoms with Crippen molar-refractivity contribution in [2.24, 2.45) is 0 Å². The third-order valence-electron chi connectivity index (χ3n) is 6.17. The van der Waals surface area contributed by atoms with E-state index in [0.29, 0.717) is 17.8 Å². The fourth-order valence-corrected chi connectivity index (χ4v) is 4.90. The van der Waals surface area contributed by atoms with Gasteiger partial charge in [-0.15, -0.1) is 0 Å². The Morgan fingerprint density at radius 3 is 2.64 bits per heavy atom. The molecule has 1 saturated heterocycles. The molecule has 25 heavy (non-hydrogen) atoms. The number of hydrogen-bond acceptors (Lipinski definition) is 4. The summed E-state index contributed by atoms with van der Waals surface area (Å²) in [5.74, 6) is 1.17. The third-order valence-corrected chi connectivity index (χ3v) is 6.17. The summed E-state index contributed by atoms with van der Waals surface area (Å²) in [4.78, 5) is 17.0. The molecule has 0 aromatic heterocycles.